The van der Waals surface area contributed by atoms with Crippen molar-refractivity contribution in [2.24, 2.45) is 0 Å². The van der Waals surface area contributed by atoms with E-state index in [1.807, 2.05) is 43.3 Å². The highest BCUT2D eigenvalue weighted by Gasteiger charge is 2.20. The molecule has 0 bridgehead atoms. The molecule has 1 amide bonds. The molecule has 1 N–H and O–H groups in total. The van der Waals surface area contributed by atoms with Crippen molar-refractivity contribution in [1.29, 1.82) is 0 Å². The number of nitro groups is 1. The lowest BCUT2D eigenvalue weighted by Gasteiger charge is -2.11. The van der Waals surface area contributed by atoms with E-state index in [1.165, 1.54) is 18.2 Å². The van der Waals surface area contributed by atoms with Crippen molar-refractivity contribution in [2.75, 3.05) is 5.32 Å². The summed E-state index contributed by atoms with van der Waals surface area (Å²) >= 11 is 1.58. The van der Waals surface area contributed by atoms with Crippen LogP contribution in [0.25, 0.3) is 20.8 Å². The number of rotatable bonds is 4. The van der Waals surface area contributed by atoms with Crippen molar-refractivity contribution in [3.8, 4) is 10.6 Å². The van der Waals surface area contributed by atoms with Crippen LogP contribution in [-0.4, -0.2) is 15.8 Å². The molecule has 0 aliphatic carbocycles. The number of aromatic nitrogens is 1. The van der Waals surface area contributed by atoms with Gasteiger partial charge in [-0.1, -0.05) is 36.4 Å². The Hall–Kier alpha value is -3.58. The third-order valence-corrected chi connectivity index (χ3v) is 5.52. The Kier molecular flexibility index (Phi) is 4.58. The lowest BCUT2D eigenvalue weighted by Crippen LogP contribution is -2.14. The Morgan fingerprint density at radius 1 is 1.04 bits per heavy atom. The van der Waals surface area contributed by atoms with E-state index in [-0.39, 0.29) is 11.3 Å². The molecule has 0 spiro atoms. The zero-order chi connectivity index (χ0) is 19.7. The minimum atomic E-state index is -0.556. The first-order valence-corrected chi connectivity index (χ1v) is 9.36. The molecular weight excluding hydrogens is 374 g/mol. The van der Waals surface area contributed by atoms with Crippen molar-refractivity contribution in [3.63, 3.8) is 0 Å². The van der Waals surface area contributed by atoms with Gasteiger partial charge in [0.1, 0.15) is 10.6 Å². The summed E-state index contributed by atoms with van der Waals surface area (Å²) in [6.45, 7) is 1.90. The summed E-state index contributed by atoms with van der Waals surface area (Å²) in [5.41, 5.74) is 3.10. The van der Waals surface area contributed by atoms with Crippen LogP contribution in [0, 0.1) is 17.0 Å². The highest BCUT2D eigenvalue weighted by Crippen LogP contribution is 2.34. The number of thiazole rings is 1. The van der Waals surface area contributed by atoms with Gasteiger partial charge in [-0.25, -0.2) is 4.98 Å². The lowest BCUT2D eigenvalue weighted by molar-refractivity contribution is -0.385. The molecule has 0 unspecified atom stereocenters. The summed E-state index contributed by atoms with van der Waals surface area (Å²) in [6.07, 6.45) is 0. The topological polar surface area (TPSA) is 85.1 Å². The maximum atomic E-state index is 12.7. The number of amides is 1. The molecule has 1 aromatic heterocycles. The van der Waals surface area contributed by atoms with Gasteiger partial charge in [-0.15, -0.1) is 11.3 Å². The smallest absolute Gasteiger partial charge is 0.282 e. The Balaban J connectivity index is 1.69. The highest BCUT2D eigenvalue weighted by molar-refractivity contribution is 7.21. The maximum absolute atomic E-state index is 12.7. The predicted octanol–water partition coefficient (Wildman–Crippen LogP) is 5.43. The summed E-state index contributed by atoms with van der Waals surface area (Å²) < 4.78 is 1.09. The Bertz CT molecular complexity index is 1180. The van der Waals surface area contributed by atoms with Crippen LogP contribution in [0.4, 0.5) is 11.4 Å². The van der Waals surface area contributed by atoms with Crippen LogP contribution >= 0.6 is 11.3 Å². The van der Waals surface area contributed by atoms with Gasteiger partial charge in [0.2, 0.25) is 0 Å². The van der Waals surface area contributed by atoms with Gasteiger partial charge in [-0.05, 0) is 36.8 Å². The summed E-state index contributed by atoms with van der Waals surface area (Å²) in [5, 5.41) is 14.8. The minimum absolute atomic E-state index is 0.0253. The number of benzene rings is 3. The average Bonchev–Trinajstić information content (AvgIpc) is 3.13. The van der Waals surface area contributed by atoms with Crippen LogP contribution in [0.15, 0.2) is 66.7 Å². The number of anilines is 1. The van der Waals surface area contributed by atoms with Crippen LogP contribution in [-0.2, 0) is 0 Å². The summed E-state index contributed by atoms with van der Waals surface area (Å²) in [4.78, 5) is 28.0. The molecule has 0 saturated carbocycles. The molecule has 1 heterocycles. The van der Waals surface area contributed by atoms with Crippen LogP contribution in [0.3, 0.4) is 0 Å². The van der Waals surface area contributed by atoms with E-state index in [1.54, 1.807) is 23.5 Å². The second-order valence-electron chi connectivity index (χ2n) is 6.19. The zero-order valence-electron chi connectivity index (χ0n) is 14.9. The lowest BCUT2D eigenvalue weighted by atomic mass is 10.1. The number of para-hydroxylation sites is 2. The molecule has 0 saturated heterocycles. The Labute approximate surface area is 164 Å². The van der Waals surface area contributed by atoms with Gasteiger partial charge in [0, 0.05) is 17.3 Å². The molecule has 0 radical (unpaired) electrons. The Morgan fingerprint density at radius 3 is 2.57 bits per heavy atom. The van der Waals surface area contributed by atoms with E-state index in [4.69, 9.17) is 0 Å². The molecule has 4 aromatic rings. The largest absolute Gasteiger partial charge is 0.322 e. The first-order chi connectivity index (χ1) is 13.5. The van der Waals surface area contributed by atoms with Crippen molar-refractivity contribution < 1.29 is 9.72 Å². The number of carbonyl (C=O) groups is 1. The molecule has 0 fully saturated rings. The van der Waals surface area contributed by atoms with Gasteiger partial charge in [-0.2, -0.15) is 0 Å². The first-order valence-electron chi connectivity index (χ1n) is 8.55. The van der Waals surface area contributed by atoms with Gasteiger partial charge in [0.25, 0.3) is 11.6 Å². The molecule has 3 aromatic carbocycles. The number of carbonyl (C=O) groups excluding carboxylic acids is 1. The Morgan fingerprint density at radius 2 is 1.79 bits per heavy atom. The van der Waals surface area contributed by atoms with E-state index in [9.17, 15) is 14.9 Å². The monoisotopic (exact) mass is 389 g/mol. The van der Waals surface area contributed by atoms with Gasteiger partial charge in [0.05, 0.1) is 15.1 Å². The number of hydrogen-bond acceptors (Lipinski definition) is 5. The molecule has 7 heteroatoms. The molecule has 4 rings (SSSR count). The molecule has 6 nitrogen and oxygen atoms in total. The van der Waals surface area contributed by atoms with Gasteiger partial charge in [0.15, 0.2) is 0 Å². The fourth-order valence-electron chi connectivity index (χ4n) is 3.00. The third kappa shape index (κ3) is 3.23. The standard InChI is InChI=1S/C21H15N3O3S/c1-13-14(21-23-17-9-3-5-12-19(17)28-21)8-6-10-16(13)22-20(25)15-7-2-4-11-18(15)24(26)27/h2-12H,1H3,(H,22,25). The van der Waals surface area contributed by atoms with Crippen molar-refractivity contribution in [2.45, 2.75) is 6.92 Å². The van der Waals surface area contributed by atoms with E-state index < -0.39 is 10.8 Å². The number of fused-ring (bicyclic) bond motifs is 1. The van der Waals surface area contributed by atoms with E-state index in [0.29, 0.717) is 5.69 Å². The van der Waals surface area contributed by atoms with Crippen molar-refractivity contribution in [3.05, 3.63) is 88.0 Å². The maximum Gasteiger partial charge on any atom is 0.282 e. The van der Waals surface area contributed by atoms with Crippen LogP contribution in [0.1, 0.15) is 15.9 Å². The molecular formula is C21H15N3O3S. The fourth-order valence-corrected chi connectivity index (χ4v) is 4.05. The molecule has 0 atom stereocenters. The first kappa shape index (κ1) is 17.8. The number of nitro benzene ring substituents is 1. The van der Waals surface area contributed by atoms with Crippen LogP contribution < -0.4 is 5.32 Å². The zero-order valence-corrected chi connectivity index (χ0v) is 15.7. The predicted molar refractivity (Wildman–Crippen MR) is 111 cm³/mol. The summed E-state index contributed by atoms with van der Waals surface area (Å²) in [6, 6.07) is 19.4. The van der Waals surface area contributed by atoms with E-state index >= 15 is 0 Å². The molecule has 138 valence electrons. The number of hydrogen-bond donors (Lipinski definition) is 1. The molecule has 0 aliphatic heterocycles. The van der Waals surface area contributed by atoms with Crippen LogP contribution in [0.2, 0.25) is 0 Å². The normalized spacial score (nSPS) is 10.8. The summed E-state index contributed by atoms with van der Waals surface area (Å²) in [5.74, 6) is -0.517. The number of nitrogens with zero attached hydrogens (tertiary/aromatic N) is 2. The SMILES string of the molecule is Cc1c(NC(=O)c2ccccc2[N+](=O)[O-])cccc1-c1nc2ccccc2s1. The van der Waals surface area contributed by atoms with Gasteiger partial charge < -0.3 is 5.32 Å². The van der Waals surface area contributed by atoms with Gasteiger partial charge >= 0.3 is 0 Å². The van der Waals surface area contributed by atoms with Crippen molar-refractivity contribution >= 4 is 38.8 Å². The average molecular weight is 389 g/mol. The minimum Gasteiger partial charge on any atom is -0.322 e. The fraction of sp³-hybridized carbons (Fsp3) is 0.0476. The van der Waals surface area contributed by atoms with E-state index in [0.717, 1.165) is 26.4 Å². The summed E-state index contributed by atoms with van der Waals surface area (Å²) in [7, 11) is 0. The van der Waals surface area contributed by atoms with Crippen molar-refractivity contribution in [1.82, 2.24) is 4.98 Å². The highest BCUT2D eigenvalue weighted by atomic mass is 32.1. The molecule has 0 aliphatic rings. The van der Waals surface area contributed by atoms with Gasteiger partial charge in [-0.3, -0.25) is 14.9 Å². The third-order valence-electron chi connectivity index (χ3n) is 4.45. The molecule has 28 heavy (non-hydrogen) atoms. The van der Waals surface area contributed by atoms with Crippen LogP contribution in [0.5, 0.6) is 0 Å². The quantitative estimate of drug-likeness (QED) is 0.372. The second kappa shape index (κ2) is 7.21. The van der Waals surface area contributed by atoms with E-state index in [2.05, 4.69) is 10.3 Å². The number of nitrogens with one attached hydrogen (secondary N) is 1. The second-order valence-corrected chi connectivity index (χ2v) is 7.22.